The van der Waals surface area contributed by atoms with E-state index in [1.165, 1.54) is 11.6 Å². The van der Waals surface area contributed by atoms with Crippen molar-refractivity contribution in [2.45, 2.75) is 18.9 Å². The van der Waals surface area contributed by atoms with Crippen molar-refractivity contribution in [2.75, 3.05) is 6.54 Å². The molecule has 2 aromatic heterocycles. The molecule has 2 aromatic rings. The standard InChI is InChI=1S/C12H17N5O2/c1-15-9(7-5-4-6-13-7)14-8-10(15)16(2)12(19)17(3)11(8)18/h7,13H,4-6H2,1-3H3. The van der Waals surface area contributed by atoms with E-state index in [1.807, 2.05) is 11.6 Å². The van der Waals surface area contributed by atoms with Crippen LogP contribution in [0.15, 0.2) is 9.59 Å². The number of hydrogen-bond donors (Lipinski definition) is 1. The summed E-state index contributed by atoms with van der Waals surface area (Å²) >= 11 is 0. The van der Waals surface area contributed by atoms with E-state index in [2.05, 4.69) is 10.3 Å². The molecule has 1 fully saturated rings. The van der Waals surface area contributed by atoms with E-state index in [1.54, 1.807) is 7.05 Å². The molecule has 0 spiro atoms. The summed E-state index contributed by atoms with van der Waals surface area (Å²) in [4.78, 5) is 28.6. The van der Waals surface area contributed by atoms with Crippen LogP contribution in [0.2, 0.25) is 0 Å². The predicted octanol–water partition coefficient (Wildman–Crippen LogP) is -0.605. The Hall–Kier alpha value is -1.89. The first-order valence-electron chi connectivity index (χ1n) is 6.38. The Morgan fingerprint density at radius 2 is 1.89 bits per heavy atom. The van der Waals surface area contributed by atoms with Crippen LogP contribution in [0.4, 0.5) is 0 Å². The third-order valence-corrected chi connectivity index (χ3v) is 3.87. The maximum absolute atomic E-state index is 12.1. The molecule has 3 rings (SSSR count). The van der Waals surface area contributed by atoms with Gasteiger partial charge < -0.3 is 9.88 Å². The molecule has 7 heteroatoms. The number of fused-ring (bicyclic) bond motifs is 1. The molecule has 1 N–H and O–H groups in total. The second kappa shape index (κ2) is 4.06. The molecule has 0 radical (unpaired) electrons. The summed E-state index contributed by atoms with van der Waals surface area (Å²) in [5.74, 6) is 0.825. The second-order valence-electron chi connectivity index (χ2n) is 5.06. The van der Waals surface area contributed by atoms with Crippen LogP contribution in [0.1, 0.15) is 24.7 Å². The number of rotatable bonds is 1. The molecule has 102 valence electrons. The van der Waals surface area contributed by atoms with Gasteiger partial charge in [0.25, 0.3) is 5.56 Å². The molecule has 0 amide bonds. The van der Waals surface area contributed by atoms with Crippen molar-refractivity contribution in [1.82, 2.24) is 24.0 Å². The van der Waals surface area contributed by atoms with Crippen LogP contribution in [-0.4, -0.2) is 25.2 Å². The van der Waals surface area contributed by atoms with Crippen LogP contribution in [0.5, 0.6) is 0 Å². The monoisotopic (exact) mass is 263 g/mol. The minimum absolute atomic E-state index is 0.164. The molecule has 1 aliphatic rings. The Morgan fingerprint density at radius 1 is 1.16 bits per heavy atom. The fraction of sp³-hybridized carbons (Fsp3) is 0.583. The van der Waals surface area contributed by atoms with Crippen molar-refractivity contribution in [3.05, 3.63) is 26.7 Å². The van der Waals surface area contributed by atoms with Crippen LogP contribution >= 0.6 is 0 Å². The van der Waals surface area contributed by atoms with E-state index >= 15 is 0 Å². The van der Waals surface area contributed by atoms with Crippen LogP contribution in [-0.2, 0) is 21.1 Å². The largest absolute Gasteiger partial charge is 0.332 e. The van der Waals surface area contributed by atoms with Crippen molar-refractivity contribution in [3.8, 4) is 0 Å². The van der Waals surface area contributed by atoms with E-state index in [0.717, 1.165) is 29.8 Å². The summed E-state index contributed by atoms with van der Waals surface area (Å²) in [7, 11) is 4.99. The second-order valence-corrected chi connectivity index (χ2v) is 5.06. The average molecular weight is 263 g/mol. The molecule has 1 aliphatic heterocycles. The maximum atomic E-state index is 12.1. The lowest BCUT2D eigenvalue weighted by Gasteiger charge is -2.10. The SMILES string of the molecule is Cn1c(=O)c2nc(C3CCCN3)n(C)c2n(C)c1=O. The Labute approximate surface area is 109 Å². The highest BCUT2D eigenvalue weighted by atomic mass is 16.2. The summed E-state index contributed by atoms with van der Waals surface area (Å²) in [5, 5.41) is 3.36. The highest BCUT2D eigenvalue weighted by molar-refractivity contribution is 5.71. The summed E-state index contributed by atoms with van der Waals surface area (Å²) in [5.41, 5.74) is 0.275. The molecular formula is C12H17N5O2. The lowest BCUT2D eigenvalue weighted by atomic mass is 10.2. The fourth-order valence-corrected chi connectivity index (χ4v) is 2.81. The van der Waals surface area contributed by atoms with Crippen molar-refractivity contribution in [2.24, 2.45) is 21.1 Å². The number of hydrogen-bond acceptors (Lipinski definition) is 4. The van der Waals surface area contributed by atoms with Crippen LogP contribution in [0, 0.1) is 0 Å². The topological polar surface area (TPSA) is 73.8 Å². The summed E-state index contributed by atoms with van der Waals surface area (Å²) < 4.78 is 4.42. The van der Waals surface area contributed by atoms with Gasteiger partial charge in [-0.15, -0.1) is 0 Å². The molecule has 1 saturated heterocycles. The normalized spacial score (nSPS) is 19.4. The van der Waals surface area contributed by atoms with Crippen LogP contribution < -0.4 is 16.6 Å². The van der Waals surface area contributed by atoms with Crippen molar-refractivity contribution >= 4 is 11.2 Å². The molecular weight excluding hydrogens is 246 g/mol. The van der Waals surface area contributed by atoms with Crippen LogP contribution in [0.25, 0.3) is 11.2 Å². The first-order chi connectivity index (χ1) is 9.02. The molecule has 3 heterocycles. The highest BCUT2D eigenvalue weighted by Gasteiger charge is 2.24. The zero-order valence-electron chi connectivity index (χ0n) is 11.3. The number of nitrogens with zero attached hydrogens (tertiary/aromatic N) is 4. The summed E-state index contributed by atoms with van der Waals surface area (Å²) in [6.07, 6.45) is 2.11. The van der Waals surface area contributed by atoms with Gasteiger partial charge >= 0.3 is 5.69 Å². The minimum Gasteiger partial charge on any atom is -0.316 e. The van der Waals surface area contributed by atoms with Gasteiger partial charge in [-0.1, -0.05) is 0 Å². The molecule has 1 atom stereocenters. The first-order valence-corrected chi connectivity index (χ1v) is 6.38. The van der Waals surface area contributed by atoms with Gasteiger partial charge in [0.05, 0.1) is 6.04 Å². The highest BCUT2D eigenvalue weighted by Crippen LogP contribution is 2.23. The van der Waals surface area contributed by atoms with Gasteiger partial charge in [0.2, 0.25) is 0 Å². The Kier molecular flexibility index (Phi) is 2.60. The number of aromatic nitrogens is 4. The smallest absolute Gasteiger partial charge is 0.316 e. The molecule has 0 saturated carbocycles. The van der Waals surface area contributed by atoms with Gasteiger partial charge in [0.15, 0.2) is 5.52 Å². The molecule has 0 aliphatic carbocycles. The van der Waals surface area contributed by atoms with E-state index in [-0.39, 0.29) is 17.3 Å². The van der Waals surface area contributed by atoms with Gasteiger partial charge in [0.1, 0.15) is 11.5 Å². The Morgan fingerprint density at radius 3 is 2.53 bits per heavy atom. The third-order valence-electron chi connectivity index (χ3n) is 3.87. The molecule has 0 aromatic carbocycles. The third kappa shape index (κ3) is 1.58. The van der Waals surface area contributed by atoms with Crippen LogP contribution in [0.3, 0.4) is 0 Å². The minimum atomic E-state index is -0.335. The molecule has 0 bridgehead atoms. The lowest BCUT2D eigenvalue weighted by Crippen LogP contribution is -2.37. The lowest BCUT2D eigenvalue weighted by molar-refractivity contribution is 0.580. The zero-order valence-corrected chi connectivity index (χ0v) is 11.3. The van der Waals surface area contributed by atoms with Gasteiger partial charge in [0, 0.05) is 21.1 Å². The number of nitrogens with one attached hydrogen (secondary N) is 1. The van der Waals surface area contributed by atoms with Crippen molar-refractivity contribution in [1.29, 1.82) is 0 Å². The number of aryl methyl sites for hydroxylation is 2. The summed E-state index contributed by atoms with van der Waals surface area (Å²) in [6, 6.07) is 0.164. The van der Waals surface area contributed by atoms with E-state index in [4.69, 9.17) is 0 Å². The fourth-order valence-electron chi connectivity index (χ4n) is 2.81. The number of imidazole rings is 1. The Bertz CT molecular complexity index is 761. The maximum Gasteiger partial charge on any atom is 0.332 e. The molecule has 1 unspecified atom stereocenters. The van der Waals surface area contributed by atoms with Gasteiger partial charge in [-0.2, -0.15) is 0 Å². The van der Waals surface area contributed by atoms with E-state index < -0.39 is 0 Å². The zero-order chi connectivity index (χ0) is 13.7. The molecule has 7 nitrogen and oxygen atoms in total. The molecule has 19 heavy (non-hydrogen) atoms. The van der Waals surface area contributed by atoms with Gasteiger partial charge in [-0.3, -0.25) is 13.9 Å². The van der Waals surface area contributed by atoms with Gasteiger partial charge in [-0.25, -0.2) is 9.78 Å². The van der Waals surface area contributed by atoms with E-state index in [0.29, 0.717) is 11.2 Å². The van der Waals surface area contributed by atoms with Crippen molar-refractivity contribution < 1.29 is 0 Å². The summed E-state index contributed by atoms with van der Waals surface area (Å²) in [6.45, 7) is 0.963. The average Bonchev–Trinajstić information content (AvgIpc) is 3.01. The van der Waals surface area contributed by atoms with E-state index in [9.17, 15) is 9.59 Å². The van der Waals surface area contributed by atoms with Crippen molar-refractivity contribution in [3.63, 3.8) is 0 Å². The predicted molar refractivity (Wildman–Crippen MR) is 71.2 cm³/mol. The first kappa shape index (κ1) is 12.2. The van der Waals surface area contributed by atoms with Gasteiger partial charge in [-0.05, 0) is 19.4 Å². The quantitative estimate of drug-likeness (QED) is 0.745. The Balaban J connectivity index is 2.38.